The molecule has 5 nitrogen and oxygen atoms in total. The van der Waals surface area contributed by atoms with Gasteiger partial charge in [0.05, 0.1) is 13.3 Å². The lowest BCUT2D eigenvalue weighted by Gasteiger charge is -2.09. The largest absolute Gasteiger partial charge is 0.496 e. The number of hydrogen-bond donors (Lipinski definition) is 1. The number of benzene rings is 2. The Bertz CT molecular complexity index is 754. The van der Waals surface area contributed by atoms with Gasteiger partial charge in [-0.3, -0.25) is 4.79 Å². The summed E-state index contributed by atoms with van der Waals surface area (Å²) in [6, 6.07) is 11.3. The Balaban J connectivity index is 1.89. The van der Waals surface area contributed by atoms with Crippen molar-refractivity contribution >= 4 is 12.1 Å². The van der Waals surface area contributed by atoms with Crippen molar-refractivity contribution in [3.05, 3.63) is 58.7 Å². The fourth-order valence-corrected chi connectivity index (χ4v) is 2.24. The summed E-state index contributed by atoms with van der Waals surface area (Å²) in [5, 5.41) is 3.98. The summed E-state index contributed by atoms with van der Waals surface area (Å²) in [7, 11) is 1.64. The number of ether oxygens (including phenoxy) is 2. The molecule has 0 unspecified atom stereocenters. The van der Waals surface area contributed by atoms with Crippen molar-refractivity contribution in [2.24, 2.45) is 5.10 Å². The van der Waals surface area contributed by atoms with E-state index in [4.69, 9.17) is 9.47 Å². The van der Waals surface area contributed by atoms with Crippen molar-refractivity contribution in [1.82, 2.24) is 5.43 Å². The van der Waals surface area contributed by atoms with E-state index in [1.807, 2.05) is 57.2 Å². The molecule has 0 aliphatic rings. The maximum Gasteiger partial charge on any atom is 0.277 e. The number of nitrogens with zero attached hydrogens (tertiary/aromatic N) is 1. The zero-order valence-electron chi connectivity index (χ0n) is 14.4. The predicted molar refractivity (Wildman–Crippen MR) is 94.9 cm³/mol. The molecule has 1 amide bonds. The Morgan fingerprint density at radius 3 is 2.67 bits per heavy atom. The fourth-order valence-electron chi connectivity index (χ4n) is 2.24. The monoisotopic (exact) mass is 326 g/mol. The summed E-state index contributed by atoms with van der Waals surface area (Å²) in [6.45, 7) is 5.86. The second-order valence-corrected chi connectivity index (χ2v) is 5.51. The fraction of sp³-hybridized carbons (Fsp3) is 0.263. The lowest BCUT2D eigenvalue weighted by atomic mass is 10.0. The molecule has 0 saturated carbocycles. The van der Waals surface area contributed by atoms with Crippen LogP contribution in [0.1, 0.15) is 22.3 Å². The molecule has 0 aromatic heterocycles. The third-order valence-corrected chi connectivity index (χ3v) is 3.75. The summed E-state index contributed by atoms with van der Waals surface area (Å²) >= 11 is 0. The van der Waals surface area contributed by atoms with Gasteiger partial charge in [-0.15, -0.1) is 0 Å². The van der Waals surface area contributed by atoms with Crippen molar-refractivity contribution < 1.29 is 14.3 Å². The highest BCUT2D eigenvalue weighted by molar-refractivity contribution is 5.85. The zero-order chi connectivity index (χ0) is 17.5. The van der Waals surface area contributed by atoms with E-state index in [-0.39, 0.29) is 12.5 Å². The third-order valence-electron chi connectivity index (χ3n) is 3.75. The number of nitrogens with one attached hydrogen (secondary N) is 1. The van der Waals surface area contributed by atoms with Crippen LogP contribution in [0.15, 0.2) is 41.5 Å². The molecule has 126 valence electrons. The second-order valence-electron chi connectivity index (χ2n) is 5.51. The smallest absolute Gasteiger partial charge is 0.277 e. The van der Waals surface area contributed by atoms with E-state index in [2.05, 4.69) is 10.5 Å². The van der Waals surface area contributed by atoms with Crippen LogP contribution in [0.4, 0.5) is 0 Å². The first-order chi connectivity index (χ1) is 11.5. The Labute approximate surface area is 142 Å². The van der Waals surface area contributed by atoms with Crippen LogP contribution in [-0.2, 0) is 4.79 Å². The number of hydrazone groups is 1. The molecule has 0 bridgehead atoms. The van der Waals surface area contributed by atoms with Gasteiger partial charge in [-0.05, 0) is 67.3 Å². The van der Waals surface area contributed by atoms with Crippen LogP contribution in [0.5, 0.6) is 11.5 Å². The molecule has 24 heavy (non-hydrogen) atoms. The summed E-state index contributed by atoms with van der Waals surface area (Å²) < 4.78 is 10.7. The van der Waals surface area contributed by atoms with Crippen LogP contribution in [0.3, 0.4) is 0 Å². The van der Waals surface area contributed by atoms with Crippen LogP contribution < -0.4 is 14.9 Å². The highest BCUT2D eigenvalue weighted by atomic mass is 16.5. The topological polar surface area (TPSA) is 59.9 Å². The quantitative estimate of drug-likeness (QED) is 0.655. The first kappa shape index (κ1) is 17.5. The molecule has 2 aromatic rings. The van der Waals surface area contributed by atoms with Gasteiger partial charge >= 0.3 is 0 Å². The van der Waals surface area contributed by atoms with Crippen LogP contribution in [-0.4, -0.2) is 25.8 Å². The average molecular weight is 326 g/mol. The summed E-state index contributed by atoms with van der Waals surface area (Å²) in [5.74, 6) is 1.19. The number of methoxy groups -OCH3 is 1. The van der Waals surface area contributed by atoms with Crippen molar-refractivity contribution in [2.75, 3.05) is 13.7 Å². The molecular weight excluding hydrogens is 304 g/mol. The van der Waals surface area contributed by atoms with Crippen molar-refractivity contribution in [2.45, 2.75) is 20.8 Å². The molecule has 2 rings (SSSR count). The van der Waals surface area contributed by atoms with Gasteiger partial charge in [0.1, 0.15) is 11.5 Å². The minimum absolute atomic E-state index is 0.0819. The number of carbonyl (C=O) groups is 1. The van der Waals surface area contributed by atoms with Crippen LogP contribution in [0.2, 0.25) is 0 Å². The molecule has 0 spiro atoms. The molecule has 0 radical (unpaired) electrons. The lowest BCUT2D eigenvalue weighted by Crippen LogP contribution is -2.24. The van der Waals surface area contributed by atoms with Gasteiger partial charge in [0.2, 0.25) is 0 Å². The van der Waals surface area contributed by atoms with Crippen molar-refractivity contribution in [1.29, 1.82) is 0 Å². The Hall–Kier alpha value is -2.82. The summed E-state index contributed by atoms with van der Waals surface area (Å²) in [5.41, 5.74) is 6.58. The highest BCUT2D eigenvalue weighted by Crippen LogP contribution is 2.22. The van der Waals surface area contributed by atoms with Crippen LogP contribution in [0, 0.1) is 20.8 Å². The number of hydrogen-bond acceptors (Lipinski definition) is 4. The molecule has 0 saturated heterocycles. The molecule has 0 aliphatic heterocycles. The standard InChI is InChI=1S/C19H22N2O3/c1-13-6-5-7-17(10-13)24-12-19(22)21-20-11-16-8-9-18(23-4)15(3)14(16)2/h5-11H,12H2,1-4H3,(H,21,22). The minimum Gasteiger partial charge on any atom is -0.496 e. The van der Waals surface area contributed by atoms with Gasteiger partial charge in [-0.1, -0.05) is 12.1 Å². The predicted octanol–water partition coefficient (Wildman–Crippen LogP) is 3.15. The molecule has 0 heterocycles. The van der Waals surface area contributed by atoms with Gasteiger partial charge in [-0.2, -0.15) is 5.10 Å². The van der Waals surface area contributed by atoms with Gasteiger partial charge < -0.3 is 9.47 Å². The Morgan fingerprint density at radius 1 is 1.17 bits per heavy atom. The van der Waals surface area contributed by atoms with E-state index in [0.29, 0.717) is 5.75 Å². The molecule has 2 aromatic carbocycles. The van der Waals surface area contributed by atoms with Gasteiger partial charge in [0.25, 0.3) is 5.91 Å². The van der Waals surface area contributed by atoms with Crippen LogP contribution in [0.25, 0.3) is 0 Å². The summed E-state index contributed by atoms with van der Waals surface area (Å²) in [4.78, 5) is 11.8. The van der Waals surface area contributed by atoms with Gasteiger partial charge in [-0.25, -0.2) is 5.43 Å². The molecule has 0 aliphatic carbocycles. The first-order valence-corrected chi connectivity index (χ1v) is 7.67. The normalized spacial score (nSPS) is 10.7. The molecule has 1 N–H and O–H groups in total. The number of carbonyl (C=O) groups excluding carboxylic acids is 1. The first-order valence-electron chi connectivity index (χ1n) is 7.67. The zero-order valence-corrected chi connectivity index (χ0v) is 14.4. The van der Waals surface area contributed by atoms with Crippen LogP contribution >= 0.6 is 0 Å². The van der Waals surface area contributed by atoms with E-state index in [1.165, 1.54) is 0 Å². The average Bonchev–Trinajstić information content (AvgIpc) is 2.57. The van der Waals surface area contributed by atoms with Gasteiger partial charge in [0, 0.05) is 0 Å². The molecule has 0 atom stereocenters. The molecule has 5 heteroatoms. The second kappa shape index (κ2) is 8.15. The summed E-state index contributed by atoms with van der Waals surface area (Å²) in [6.07, 6.45) is 1.62. The maximum atomic E-state index is 11.8. The van der Waals surface area contributed by atoms with E-state index in [1.54, 1.807) is 13.3 Å². The Kier molecular flexibility index (Phi) is 5.95. The molecular formula is C19H22N2O3. The van der Waals surface area contributed by atoms with Crippen molar-refractivity contribution in [3.8, 4) is 11.5 Å². The van der Waals surface area contributed by atoms with Crippen molar-refractivity contribution in [3.63, 3.8) is 0 Å². The maximum absolute atomic E-state index is 11.8. The van der Waals surface area contributed by atoms with E-state index >= 15 is 0 Å². The number of rotatable bonds is 6. The Morgan fingerprint density at radius 2 is 1.96 bits per heavy atom. The lowest BCUT2D eigenvalue weighted by molar-refractivity contribution is -0.123. The third kappa shape index (κ3) is 4.59. The number of amides is 1. The van der Waals surface area contributed by atoms with E-state index in [0.717, 1.165) is 28.0 Å². The molecule has 0 fully saturated rings. The SMILES string of the molecule is COc1ccc(C=NNC(=O)COc2cccc(C)c2)c(C)c1C. The van der Waals surface area contributed by atoms with E-state index < -0.39 is 0 Å². The number of aryl methyl sites for hydroxylation is 1. The highest BCUT2D eigenvalue weighted by Gasteiger charge is 2.05. The van der Waals surface area contributed by atoms with E-state index in [9.17, 15) is 4.79 Å². The minimum atomic E-state index is -0.310. The van der Waals surface area contributed by atoms with Gasteiger partial charge in [0.15, 0.2) is 6.61 Å².